The molecule has 3 N–H and O–H groups in total. The van der Waals surface area contributed by atoms with Crippen molar-refractivity contribution in [3.8, 4) is 11.5 Å². The summed E-state index contributed by atoms with van der Waals surface area (Å²) < 4.78 is 36.6. The van der Waals surface area contributed by atoms with Crippen LogP contribution in [0.5, 0.6) is 11.5 Å². The van der Waals surface area contributed by atoms with E-state index in [1.807, 2.05) is 0 Å². The molecule has 5 rings (SSSR count). The second-order valence-corrected chi connectivity index (χ2v) is 11.3. The second-order valence-electron chi connectivity index (χ2n) is 9.82. The molecular weight excluding hydrogens is 502 g/mol. The third kappa shape index (κ3) is 5.57. The SMILES string of the molecule is COc1cc2nc(N3CCC(N4C(=O)CC5(CCCC5)C4=O)CC3)nc(N)c2cc1OC.CS(=O)(=O)O. The van der Waals surface area contributed by atoms with Gasteiger partial charge in [-0.05, 0) is 31.7 Å². The first-order chi connectivity index (χ1) is 17.5. The Morgan fingerprint density at radius 1 is 1.05 bits per heavy atom. The maximum Gasteiger partial charge on any atom is 0.261 e. The van der Waals surface area contributed by atoms with E-state index in [4.69, 9.17) is 24.7 Å². The number of benzene rings is 1. The number of hydrogen-bond donors (Lipinski definition) is 2. The summed E-state index contributed by atoms with van der Waals surface area (Å²) >= 11 is 0. The van der Waals surface area contributed by atoms with Gasteiger partial charge in [0.1, 0.15) is 5.82 Å². The van der Waals surface area contributed by atoms with E-state index >= 15 is 0 Å². The van der Waals surface area contributed by atoms with E-state index < -0.39 is 15.5 Å². The summed E-state index contributed by atoms with van der Waals surface area (Å²) in [5.74, 6) is 2.14. The van der Waals surface area contributed by atoms with Crippen LogP contribution in [0.3, 0.4) is 0 Å². The van der Waals surface area contributed by atoms with Gasteiger partial charge in [-0.3, -0.25) is 19.0 Å². The lowest BCUT2D eigenvalue weighted by molar-refractivity contribution is -0.144. The molecule has 0 atom stereocenters. The maximum absolute atomic E-state index is 13.1. The quantitative estimate of drug-likeness (QED) is 0.434. The highest BCUT2D eigenvalue weighted by atomic mass is 32.2. The molecule has 2 aliphatic heterocycles. The number of fused-ring (bicyclic) bond motifs is 1. The smallest absolute Gasteiger partial charge is 0.261 e. The predicted molar refractivity (Wildman–Crippen MR) is 137 cm³/mol. The van der Waals surface area contributed by atoms with Crippen molar-refractivity contribution in [2.75, 3.05) is 44.2 Å². The molecule has 37 heavy (non-hydrogen) atoms. The predicted octanol–water partition coefficient (Wildman–Crippen LogP) is 2.02. The number of piperidine rings is 1. The lowest BCUT2D eigenvalue weighted by atomic mass is 9.84. The number of amides is 2. The molecule has 13 heteroatoms. The van der Waals surface area contributed by atoms with Gasteiger partial charge in [-0.2, -0.15) is 13.4 Å². The van der Waals surface area contributed by atoms with Gasteiger partial charge in [0.2, 0.25) is 17.8 Å². The zero-order chi connectivity index (χ0) is 27.0. The number of ether oxygens (including phenoxy) is 2. The van der Waals surface area contributed by atoms with Gasteiger partial charge >= 0.3 is 0 Å². The van der Waals surface area contributed by atoms with E-state index in [9.17, 15) is 18.0 Å². The summed E-state index contributed by atoms with van der Waals surface area (Å²) in [7, 11) is -0.514. The average molecular weight is 536 g/mol. The molecule has 2 saturated heterocycles. The van der Waals surface area contributed by atoms with Crippen molar-refractivity contribution in [3.05, 3.63) is 12.1 Å². The number of rotatable bonds is 4. The zero-order valence-electron chi connectivity index (χ0n) is 21.3. The highest BCUT2D eigenvalue weighted by Crippen LogP contribution is 2.48. The van der Waals surface area contributed by atoms with Crippen LogP contribution in [0.2, 0.25) is 0 Å². The van der Waals surface area contributed by atoms with Crippen molar-refractivity contribution in [1.82, 2.24) is 14.9 Å². The lowest BCUT2D eigenvalue weighted by Gasteiger charge is -2.36. The number of hydrogen-bond acceptors (Lipinski definition) is 10. The van der Waals surface area contributed by atoms with Gasteiger partial charge in [0, 0.05) is 37.0 Å². The fourth-order valence-electron chi connectivity index (χ4n) is 5.56. The highest BCUT2D eigenvalue weighted by Gasteiger charge is 2.54. The molecule has 202 valence electrons. The van der Waals surface area contributed by atoms with Crippen LogP contribution < -0.4 is 20.1 Å². The molecule has 2 amide bonds. The Morgan fingerprint density at radius 2 is 1.62 bits per heavy atom. The first kappa shape index (κ1) is 26.9. The number of methoxy groups -OCH3 is 2. The number of imide groups is 1. The van der Waals surface area contributed by atoms with E-state index in [1.54, 1.807) is 31.3 Å². The molecule has 2 aromatic rings. The van der Waals surface area contributed by atoms with Crippen molar-refractivity contribution < 1.29 is 32.0 Å². The molecule has 3 aliphatic rings. The van der Waals surface area contributed by atoms with Gasteiger partial charge in [-0.25, -0.2) is 4.98 Å². The Labute approximate surface area is 215 Å². The first-order valence-corrected chi connectivity index (χ1v) is 14.0. The standard InChI is InChI=1S/C23H29N5O4.CH4O3S/c1-31-17-11-15-16(12-18(17)32-2)25-22(26-20(15)24)27-9-5-14(6-10-27)28-19(29)13-23(21(28)30)7-3-4-8-23;1-5(2,3)4/h11-12,14H,3-10,13H2,1-2H3,(H2,24,25,26);1H3,(H,2,3,4). The summed E-state index contributed by atoms with van der Waals surface area (Å²) in [5.41, 5.74) is 6.51. The number of carbonyl (C=O) groups excluding carboxylic acids is 2. The second kappa shape index (κ2) is 10.3. The summed E-state index contributed by atoms with van der Waals surface area (Å²) in [6.45, 7) is 1.32. The molecule has 3 heterocycles. The molecule has 1 saturated carbocycles. The van der Waals surface area contributed by atoms with Crippen LogP contribution in [-0.4, -0.2) is 79.3 Å². The largest absolute Gasteiger partial charge is 0.493 e. The van der Waals surface area contributed by atoms with E-state index in [1.165, 1.54) is 0 Å². The van der Waals surface area contributed by atoms with E-state index in [-0.39, 0.29) is 17.9 Å². The van der Waals surface area contributed by atoms with Gasteiger partial charge in [-0.1, -0.05) is 12.8 Å². The number of aromatic nitrogens is 2. The van der Waals surface area contributed by atoms with Crippen molar-refractivity contribution in [2.45, 2.75) is 51.0 Å². The van der Waals surface area contributed by atoms with Gasteiger partial charge in [0.15, 0.2) is 11.5 Å². The maximum atomic E-state index is 13.1. The molecule has 1 aromatic carbocycles. The fraction of sp³-hybridized carbons (Fsp3) is 0.583. The van der Waals surface area contributed by atoms with E-state index in [0.29, 0.717) is 72.8 Å². The Balaban J connectivity index is 0.000000586. The van der Waals surface area contributed by atoms with Gasteiger partial charge in [-0.15, -0.1) is 0 Å². The summed E-state index contributed by atoms with van der Waals surface area (Å²) in [5, 5.41) is 0.705. The van der Waals surface area contributed by atoms with E-state index in [0.717, 1.165) is 25.7 Å². The lowest BCUT2D eigenvalue weighted by Crippen LogP contribution is -2.48. The fourth-order valence-corrected chi connectivity index (χ4v) is 5.56. The van der Waals surface area contributed by atoms with E-state index in [2.05, 4.69) is 9.88 Å². The summed E-state index contributed by atoms with van der Waals surface area (Å²) in [6, 6.07) is 3.53. The Morgan fingerprint density at radius 3 is 2.19 bits per heavy atom. The van der Waals surface area contributed by atoms with Crippen molar-refractivity contribution in [1.29, 1.82) is 0 Å². The van der Waals surface area contributed by atoms with Crippen molar-refractivity contribution in [3.63, 3.8) is 0 Å². The molecular formula is C24H33N5O7S. The minimum Gasteiger partial charge on any atom is -0.493 e. The van der Waals surface area contributed by atoms with Crippen LogP contribution >= 0.6 is 0 Å². The van der Waals surface area contributed by atoms with Gasteiger partial charge in [0.25, 0.3) is 10.1 Å². The summed E-state index contributed by atoms with van der Waals surface area (Å²) in [6.07, 6.45) is 6.32. The zero-order valence-corrected chi connectivity index (χ0v) is 22.1. The average Bonchev–Trinajstić information content (AvgIpc) is 3.41. The normalized spacial score (nSPS) is 19.9. The molecule has 3 fully saturated rings. The van der Waals surface area contributed by atoms with Crippen LogP contribution in [0.15, 0.2) is 12.1 Å². The van der Waals surface area contributed by atoms with Crippen molar-refractivity contribution in [2.24, 2.45) is 5.41 Å². The number of likely N-dealkylation sites (tertiary alicyclic amines) is 1. The molecule has 0 bridgehead atoms. The molecule has 1 spiro atoms. The topological polar surface area (TPSA) is 165 Å². The van der Waals surface area contributed by atoms with Crippen LogP contribution in [0.25, 0.3) is 10.9 Å². The summed E-state index contributed by atoms with van der Waals surface area (Å²) in [4.78, 5) is 38.7. The van der Waals surface area contributed by atoms with Gasteiger partial charge in [0.05, 0.1) is 31.4 Å². The Kier molecular flexibility index (Phi) is 7.47. The number of carbonyl (C=O) groups is 2. The number of anilines is 2. The van der Waals surface area contributed by atoms with Crippen molar-refractivity contribution >= 4 is 44.6 Å². The number of nitrogens with two attached hydrogens (primary N) is 1. The van der Waals surface area contributed by atoms with Crippen LogP contribution in [0, 0.1) is 5.41 Å². The molecule has 0 radical (unpaired) electrons. The Hall–Kier alpha value is -3.19. The number of nitrogens with zero attached hydrogens (tertiary/aromatic N) is 4. The van der Waals surface area contributed by atoms with Crippen LogP contribution in [0.1, 0.15) is 44.9 Å². The van der Waals surface area contributed by atoms with Gasteiger partial charge < -0.3 is 20.1 Å². The molecule has 1 aromatic heterocycles. The Bertz CT molecular complexity index is 1290. The first-order valence-electron chi connectivity index (χ1n) is 12.2. The third-order valence-electron chi connectivity index (χ3n) is 7.32. The highest BCUT2D eigenvalue weighted by molar-refractivity contribution is 7.85. The monoisotopic (exact) mass is 535 g/mol. The molecule has 0 unspecified atom stereocenters. The minimum atomic E-state index is -3.67. The van der Waals surface area contributed by atoms with Crippen LogP contribution in [-0.2, 0) is 19.7 Å². The molecule has 12 nitrogen and oxygen atoms in total. The van der Waals surface area contributed by atoms with Crippen LogP contribution in [0.4, 0.5) is 11.8 Å². The minimum absolute atomic E-state index is 0.00240. The number of nitrogen functional groups attached to an aromatic ring is 1. The molecule has 1 aliphatic carbocycles. The third-order valence-corrected chi connectivity index (χ3v) is 7.32.